The number of nitrogens with zero attached hydrogens (tertiary/aromatic N) is 1. The number of carbonyl (C=O) groups excluding carboxylic acids is 1. The molecule has 1 heterocycles. The Hall–Kier alpha value is -2.40. The Morgan fingerprint density at radius 3 is 2.68 bits per heavy atom. The molecule has 0 bridgehead atoms. The standard InChI is InChI=1S/C14H16N4O/c1-9-3-4-12(13(7-9)18-15)14(19)17-11-5-6-16-10(2)8-11/h3-8,18H,15H2,1-2H3,(H,16,17,19). The monoisotopic (exact) mass is 256 g/mol. The van der Waals surface area contributed by atoms with Crippen LogP contribution in [0.15, 0.2) is 36.5 Å². The maximum atomic E-state index is 12.2. The molecule has 0 aliphatic rings. The van der Waals surface area contributed by atoms with Crippen LogP contribution in [0.2, 0.25) is 0 Å². The minimum atomic E-state index is -0.210. The van der Waals surface area contributed by atoms with Gasteiger partial charge in [0.15, 0.2) is 0 Å². The number of amides is 1. The van der Waals surface area contributed by atoms with Gasteiger partial charge in [-0.1, -0.05) is 6.07 Å². The highest BCUT2D eigenvalue weighted by atomic mass is 16.1. The number of hydrazine groups is 1. The number of rotatable bonds is 3. The van der Waals surface area contributed by atoms with Crippen LogP contribution in [0.4, 0.5) is 11.4 Å². The van der Waals surface area contributed by atoms with Crippen molar-refractivity contribution in [3.05, 3.63) is 53.3 Å². The van der Waals surface area contributed by atoms with Crippen LogP contribution in [-0.2, 0) is 0 Å². The van der Waals surface area contributed by atoms with E-state index in [0.717, 1.165) is 11.3 Å². The van der Waals surface area contributed by atoms with E-state index in [2.05, 4.69) is 15.7 Å². The maximum absolute atomic E-state index is 12.2. The quantitative estimate of drug-likeness (QED) is 0.581. The van der Waals surface area contributed by atoms with E-state index in [1.54, 1.807) is 18.3 Å². The Labute approximate surface area is 111 Å². The number of nitrogens with one attached hydrogen (secondary N) is 2. The zero-order valence-electron chi connectivity index (χ0n) is 10.9. The normalized spacial score (nSPS) is 10.1. The Kier molecular flexibility index (Phi) is 3.77. The first-order chi connectivity index (χ1) is 9.10. The van der Waals surface area contributed by atoms with Crippen molar-refractivity contribution in [1.29, 1.82) is 0 Å². The average molecular weight is 256 g/mol. The summed E-state index contributed by atoms with van der Waals surface area (Å²) in [6, 6.07) is 8.99. The lowest BCUT2D eigenvalue weighted by Gasteiger charge is -2.10. The van der Waals surface area contributed by atoms with Gasteiger partial charge in [0.05, 0.1) is 11.3 Å². The lowest BCUT2D eigenvalue weighted by Crippen LogP contribution is -2.17. The zero-order valence-corrected chi connectivity index (χ0v) is 10.9. The van der Waals surface area contributed by atoms with Crippen molar-refractivity contribution in [1.82, 2.24) is 4.98 Å². The van der Waals surface area contributed by atoms with E-state index in [-0.39, 0.29) is 5.91 Å². The highest BCUT2D eigenvalue weighted by Crippen LogP contribution is 2.18. The fourth-order valence-corrected chi connectivity index (χ4v) is 1.80. The van der Waals surface area contributed by atoms with Crippen LogP contribution < -0.4 is 16.6 Å². The number of aryl methyl sites for hydroxylation is 2. The van der Waals surface area contributed by atoms with E-state index in [1.807, 2.05) is 32.0 Å². The summed E-state index contributed by atoms with van der Waals surface area (Å²) in [6.07, 6.45) is 1.65. The van der Waals surface area contributed by atoms with Crippen molar-refractivity contribution in [3.63, 3.8) is 0 Å². The average Bonchev–Trinajstić information content (AvgIpc) is 2.38. The molecule has 0 spiro atoms. The van der Waals surface area contributed by atoms with Gasteiger partial charge in [-0.3, -0.25) is 15.6 Å². The summed E-state index contributed by atoms with van der Waals surface area (Å²) in [7, 11) is 0. The van der Waals surface area contributed by atoms with E-state index in [0.29, 0.717) is 16.9 Å². The molecule has 0 fully saturated rings. The number of anilines is 2. The molecular formula is C14H16N4O. The third-order valence-corrected chi connectivity index (χ3v) is 2.73. The second-order valence-electron chi connectivity index (χ2n) is 4.33. The summed E-state index contributed by atoms with van der Waals surface area (Å²) in [5.41, 5.74) is 6.23. The first-order valence-corrected chi connectivity index (χ1v) is 5.91. The van der Waals surface area contributed by atoms with Crippen molar-refractivity contribution in [2.75, 3.05) is 10.7 Å². The largest absolute Gasteiger partial charge is 0.323 e. The lowest BCUT2D eigenvalue weighted by molar-refractivity contribution is 0.102. The van der Waals surface area contributed by atoms with Crippen LogP contribution in [0.1, 0.15) is 21.6 Å². The fraction of sp³-hybridized carbons (Fsp3) is 0.143. The second kappa shape index (κ2) is 5.49. The molecule has 5 heteroatoms. The number of benzene rings is 1. The number of pyridine rings is 1. The second-order valence-corrected chi connectivity index (χ2v) is 4.33. The van der Waals surface area contributed by atoms with Crippen LogP contribution in [0.3, 0.4) is 0 Å². The third-order valence-electron chi connectivity index (χ3n) is 2.73. The third kappa shape index (κ3) is 3.08. The Bertz CT molecular complexity index is 610. The van der Waals surface area contributed by atoms with Crippen molar-refractivity contribution >= 4 is 17.3 Å². The van der Waals surface area contributed by atoms with E-state index >= 15 is 0 Å². The van der Waals surface area contributed by atoms with Crippen LogP contribution >= 0.6 is 0 Å². The first-order valence-electron chi connectivity index (χ1n) is 5.91. The SMILES string of the molecule is Cc1ccc(C(=O)Nc2ccnc(C)c2)c(NN)c1. The van der Waals surface area contributed by atoms with Gasteiger partial charge in [0, 0.05) is 17.6 Å². The Balaban J connectivity index is 2.25. The number of nitrogen functional groups attached to an aromatic ring is 1. The van der Waals surface area contributed by atoms with Crippen molar-refractivity contribution in [2.45, 2.75) is 13.8 Å². The Morgan fingerprint density at radius 2 is 2.00 bits per heavy atom. The van der Waals surface area contributed by atoms with Crippen LogP contribution in [-0.4, -0.2) is 10.9 Å². The van der Waals surface area contributed by atoms with E-state index < -0.39 is 0 Å². The lowest BCUT2D eigenvalue weighted by atomic mass is 10.1. The van der Waals surface area contributed by atoms with Crippen LogP contribution in [0.5, 0.6) is 0 Å². The highest BCUT2D eigenvalue weighted by molar-refractivity contribution is 6.08. The van der Waals surface area contributed by atoms with Crippen molar-refractivity contribution < 1.29 is 4.79 Å². The summed E-state index contributed by atoms with van der Waals surface area (Å²) in [4.78, 5) is 16.3. The molecule has 0 aliphatic carbocycles. The summed E-state index contributed by atoms with van der Waals surface area (Å²) in [5.74, 6) is 5.23. The van der Waals surface area contributed by atoms with Crippen molar-refractivity contribution in [3.8, 4) is 0 Å². The van der Waals surface area contributed by atoms with Crippen LogP contribution in [0, 0.1) is 13.8 Å². The molecule has 4 N–H and O–H groups in total. The maximum Gasteiger partial charge on any atom is 0.257 e. The molecule has 2 rings (SSSR count). The zero-order chi connectivity index (χ0) is 13.8. The van der Waals surface area contributed by atoms with Gasteiger partial charge in [-0.2, -0.15) is 0 Å². The Morgan fingerprint density at radius 1 is 1.21 bits per heavy atom. The van der Waals surface area contributed by atoms with Gasteiger partial charge in [0.25, 0.3) is 5.91 Å². The number of hydrogen-bond donors (Lipinski definition) is 3. The minimum absolute atomic E-state index is 0.210. The van der Waals surface area contributed by atoms with Crippen LogP contribution in [0.25, 0.3) is 0 Å². The predicted octanol–water partition coefficient (Wildman–Crippen LogP) is 2.24. The summed E-state index contributed by atoms with van der Waals surface area (Å²) in [6.45, 7) is 3.81. The highest BCUT2D eigenvalue weighted by Gasteiger charge is 2.11. The summed E-state index contributed by atoms with van der Waals surface area (Å²) >= 11 is 0. The molecule has 1 aromatic heterocycles. The molecule has 0 aliphatic heterocycles. The van der Waals surface area contributed by atoms with E-state index in [9.17, 15) is 4.79 Å². The van der Waals surface area contributed by atoms with Gasteiger partial charge in [0.2, 0.25) is 0 Å². The van der Waals surface area contributed by atoms with Crippen molar-refractivity contribution in [2.24, 2.45) is 5.84 Å². The minimum Gasteiger partial charge on any atom is -0.323 e. The fourth-order valence-electron chi connectivity index (χ4n) is 1.80. The van der Waals surface area contributed by atoms with Gasteiger partial charge < -0.3 is 10.7 Å². The number of hydrogen-bond acceptors (Lipinski definition) is 4. The van der Waals surface area contributed by atoms with Gasteiger partial charge in [-0.05, 0) is 43.7 Å². The topological polar surface area (TPSA) is 80.0 Å². The number of nitrogens with two attached hydrogens (primary N) is 1. The van der Waals surface area contributed by atoms with Gasteiger partial charge in [0.1, 0.15) is 0 Å². The molecule has 1 amide bonds. The number of carbonyl (C=O) groups is 1. The molecule has 0 saturated carbocycles. The van der Waals surface area contributed by atoms with Gasteiger partial charge in [-0.15, -0.1) is 0 Å². The molecule has 19 heavy (non-hydrogen) atoms. The molecule has 2 aromatic rings. The molecule has 1 aromatic carbocycles. The predicted molar refractivity (Wildman–Crippen MR) is 75.9 cm³/mol. The molecule has 98 valence electrons. The van der Waals surface area contributed by atoms with Gasteiger partial charge in [-0.25, -0.2) is 0 Å². The summed E-state index contributed by atoms with van der Waals surface area (Å²) in [5, 5.41) is 2.82. The smallest absolute Gasteiger partial charge is 0.257 e. The van der Waals surface area contributed by atoms with E-state index in [1.165, 1.54) is 0 Å². The molecule has 0 unspecified atom stereocenters. The molecule has 0 saturated heterocycles. The number of aromatic nitrogens is 1. The van der Waals surface area contributed by atoms with E-state index in [4.69, 9.17) is 5.84 Å². The molecule has 5 nitrogen and oxygen atoms in total. The molecule has 0 atom stereocenters. The molecular weight excluding hydrogens is 240 g/mol. The molecule has 0 radical (unpaired) electrons. The van der Waals surface area contributed by atoms with Gasteiger partial charge >= 0.3 is 0 Å². The first kappa shape index (κ1) is 13.0. The summed E-state index contributed by atoms with van der Waals surface area (Å²) < 4.78 is 0.